The lowest BCUT2D eigenvalue weighted by Gasteiger charge is -1.94. The molecule has 4 rings (SSSR count). The van der Waals surface area contributed by atoms with Crippen LogP contribution in [0.1, 0.15) is 5.89 Å². The lowest BCUT2D eigenvalue weighted by Crippen LogP contribution is -1.81. The highest BCUT2D eigenvalue weighted by molar-refractivity contribution is 7.98. The van der Waals surface area contributed by atoms with Crippen molar-refractivity contribution in [2.75, 3.05) is 0 Å². The molecule has 0 saturated heterocycles. The largest absolute Gasteiger partial charge is 0.420 e. The van der Waals surface area contributed by atoms with Gasteiger partial charge in [0.2, 0.25) is 11.8 Å². The first-order valence-electron chi connectivity index (χ1n) is 6.94. The summed E-state index contributed by atoms with van der Waals surface area (Å²) in [6, 6.07) is 13.8. The van der Waals surface area contributed by atoms with E-state index in [1.165, 1.54) is 23.9 Å². The summed E-state index contributed by atoms with van der Waals surface area (Å²) in [6.07, 6.45) is 0. The molecule has 23 heavy (non-hydrogen) atoms. The number of para-hydroxylation sites is 2. The van der Waals surface area contributed by atoms with Gasteiger partial charge in [-0.1, -0.05) is 23.9 Å². The number of H-pyrrole nitrogens is 1. The third-order valence-electron chi connectivity index (χ3n) is 3.26. The normalized spacial score (nSPS) is 11.2. The van der Waals surface area contributed by atoms with Gasteiger partial charge in [0.1, 0.15) is 5.82 Å². The standard InChI is InChI=1S/C16H11FN4OS/c17-11-7-5-10(6-8-11)15-21-20-14(22-15)9-23-16-18-12-3-1-2-4-13(12)19-16/h1-8H,9H2,(H,18,19). The van der Waals surface area contributed by atoms with E-state index >= 15 is 0 Å². The summed E-state index contributed by atoms with van der Waals surface area (Å²) in [6.45, 7) is 0. The predicted molar refractivity (Wildman–Crippen MR) is 85.3 cm³/mol. The zero-order valence-electron chi connectivity index (χ0n) is 11.9. The van der Waals surface area contributed by atoms with Gasteiger partial charge in [-0.3, -0.25) is 0 Å². The van der Waals surface area contributed by atoms with Crippen LogP contribution in [-0.4, -0.2) is 20.2 Å². The molecule has 0 unspecified atom stereocenters. The summed E-state index contributed by atoms with van der Waals surface area (Å²) < 4.78 is 18.5. The Morgan fingerprint density at radius 1 is 1.04 bits per heavy atom. The monoisotopic (exact) mass is 326 g/mol. The molecule has 0 atom stereocenters. The number of rotatable bonds is 4. The summed E-state index contributed by atoms with van der Waals surface area (Å²) >= 11 is 1.49. The summed E-state index contributed by atoms with van der Waals surface area (Å²) in [7, 11) is 0. The van der Waals surface area contributed by atoms with Crippen molar-refractivity contribution >= 4 is 22.8 Å². The SMILES string of the molecule is Fc1ccc(-c2nnc(CSc3nc4ccccc4[nH]3)o2)cc1. The van der Waals surface area contributed by atoms with Crippen molar-refractivity contribution in [3.8, 4) is 11.5 Å². The third kappa shape index (κ3) is 2.95. The molecule has 2 heterocycles. The lowest BCUT2D eigenvalue weighted by molar-refractivity contribution is 0.528. The number of hydrogen-bond donors (Lipinski definition) is 1. The van der Waals surface area contributed by atoms with E-state index in [0.29, 0.717) is 23.1 Å². The van der Waals surface area contributed by atoms with Crippen molar-refractivity contribution in [3.05, 3.63) is 60.2 Å². The Balaban J connectivity index is 1.48. The highest BCUT2D eigenvalue weighted by atomic mass is 32.2. The van der Waals surface area contributed by atoms with Gasteiger partial charge in [0.15, 0.2) is 5.16 Å². The molecule has 4 aromatic rings. The Morgan fingerprint density at radius 3 is 2.70 bits per heavy atom. The first-order valence-corrected chi connectivity index (χ1v) is 7.92. The van der Waals surface area contributed by atoms with Crippen molar-refractivity contribution in [1.29, 1.82) is 0 Å². The maximum Gasteiger partial charge on any atom is 0.247 e. The van der Waals surface area contributed by atoms with Crippen molar-refractivity contribution in [2.24, 2.45) is 0 Å². The molecule has 5 nitrogen and oxygen atoms in total. The van der Waals surface area contributed by atoms with E-state index in [4.69, 9.17) is 4.42 Å². The molecular weight excluding hydrogens is 315 g/mol. The van der Waals surface area contributed by atoms with Crippen molar-refractivity contribution in [2.45, 2.75) is 10.9 Å². The van der Waals surface area contributed by atoms with Crippen LogP contribution < -0.4 is 0 Å². The Labute approximate surface area is 135 Å². The molecule has 0 aliphatic heterocycles. The zero-order valence-corrected chi connectivity index (χ0v) is 12.7. The molecule has 0 saturated carbocycles. The van der Waals surface area contributed by atoms with Gasteiger partial charge in [0.25, 0.3) is 0 Å². The van der Waals surface area contributed by atoms with Crippen LogP contribution in [-0.2, 0) is 5.75 Å². The number of nitrogens with zero attached hydrogens (tertiary/aromatic N) is 3. The third-order valence-corrected chi connectivity index (χ3v) is 4.12. The number of thioether (sulfide) groups is 1. The Morgan fingerprint density at radius 2 is 1.87 bits per heavy atom. The molecule has 2 aromatic heterocycles. The molecule has 0 bridgehead atoms. The minimum absolute atomic E-state index is 0.297. The fraction of sp³-hybridized carbons (Fsp3) is 0.0625. The van der Waals surface area contributed by atoms with E-state index in [9.17, 15) is 4.39 Å². The maximum atomic E-state index is 12.9. The predicted octanol–water partition coefficient (Wildman–Crippen LogP) is 4.04. The number of nitrogens with one attached hydrogen (secondary N) is 1. The van der Waals surface area contributed by atoms with Crippen molar-refractivity contribution < 1.29 is 8.81 Å². The molecule has 1 N–H and O–H groups in total. The van der Waals surface area contributed by atoms with Gasteiger partial charge >= 0.3 is 0 Å². The highest BCUT2D eigenvalue weighted by Gasteiger charge is 2.10. The van der Waals surface area contributed by atoms with Crippen LogP contribution in [0.3, 0.4) is 0 Å². The Bertz CT molecular complexity index is 915. The molecule has 7 heteroatoms. The van der Waals surface area contributed by atoms with Gasteiger partial charge in [-0.15, -0.1) is 10.2 Å². The maximum absolute atomic E-state index is 12.9. The number of benzene rings is 2. The van der Waals surface area contributed by atoms with E-state index in [2.05, 4.69) is 20.2 Å². The molecule has 2 aromatic carbocycles. The van der Waals surface area contributed by atoms with Crippen molar-refractivity contribution in [1.82, 2.24) is 20.2 Å². The minimum atomic E-state index is -0.297. The Kier molecular flexibility index (Phi) is 3.55. The second-order valence-corrected chi connectivity index (χ2v) is 5.82. The number of hydrogen-bond acceptors (Lipinski definition) is 5. The smallest absolute Gasteiger partial charge is 0.247 e. The van der Waals surface area contributed by atoms with Gasteiger partial charge in [0, 0.05) is 5.56 Å². The number of halogens is 1. The van der Waals surface area contributed by atoms with Crippen LogP contribution in [0.25, 0.3) is 22.5 Å². The van der Waals surface area contributed by atoms with E-state index in [-0.39, 0.29) is 5.82 Å². The summed E-state index contributed by atoms with van der Waals surface area (Å²) in [5, 5.41) is 8.80. The van der Waals surface area contributed by atoms with Gasteiger partial charge in [-0.2, -0.15) is 0 Å². The second kappa shape index (κ2) is 5.85. The molecule has 0 aliphatic carbocycles. The quantitative estimate of drug-likeness (QED) is 0.573. The van der Waals surface area contributed by atoms with Crippen LogP contribution in [0, 0.1) is 5.82 Å². The van der Waals surface area contributed by atoms with Gasteiger partial charge in [0.05, 0.1) is 16.8 Å². The molecule has 0 spiro atoms. The first kappa shape index (κ1) is 14.0. The van der Waals surface area contributed by atoms with Crippen LogP contribution in [0.5, 0.6) is 0 Å². The lowest BCUT2D eigenvalue weighted by atomic mass is 10.2. The second-order valence-electron chi connectivity index (χ2n) is 4.86. The summed E-state index contributed by atoms with van der Waals surface area (Å²) in [4.78, 5) is 7.71. The summed E-state index contributed by atoms with van der Waals surface area (Å²) in [5.74, 6) is 1.09. The highest BCUT2D eigenvalue weighted by Crippen LogP contribution is 2.24. The van der Waals surface area contributed by atoms with Gasteiger partial charge < -0.3 is 9.40 Å². The number of aromatic amines is 1. The topological polar surface area (TPSA) is 67.6 Å². The van der Waals surface area contributed by atoms with E-state index < -0.39 is 0 Å². The van der Waals surface area contributed by atoms with Crippen LogP contribution >= 0.6 is 11.8 Å². The first-order chi connectivity index (χ1) is 11.3. The van der Waals surface area contributed by atoms with Crippen LogP contribution in [0.2, 0.25) is 0 Å². The van der Waals surface area contributed by atoms with E-state index in [1.54, 1.807) is 12.1 Å². The number of imidazole rings is 1. The molecule has 0 fully saturated rings. The molecule has 0 aliphatic rings. The summed E-state index contributed by atoms with van der Waals surface area (Å²) in [5.41, 5.74) is 2.61. The molecular formula is C16H11FN4OS. The number of aromatic nitrogens is 4. The average molecular weight is 326 g/mol. The van der Waals surface area contributed by atoms with Crippen LogP contribution in [0.4, 0.5) is 4.39 Å². The molecule has 0 amide bonds. The van der Waals surface area contributed by atoms with Crippen molar-refractivity contribution in [3.63, 3.8) is 0 Å². The zero-order chi connectivity index (χ0) is 15.6. The molecule has 114 valence electrons. The minimum Gasteiger partial charge on any atom is -0.420 e. The van der Waals surface area contributed by atoms with E-state index in [1.807, 2.05) is 24.3 Å². The van der Waals surface area contributed by atoms with E-state index in [0.717, 1.165) is 16.2 Å². The van der Waals surface area contributed by atoms with Gasteiger partial charge in [-0.05, 0) is 36.4 Å². The fourth-order valence-electron chi connectivity index (χ4n) is 2.15. The van der Waals surface area contributed by atoms with Gasteiger partial charge in [-0.25, -0.2) is 9.37 Å². The number of fused-ring (bicyclic) bond motifs is 1. The fourth-order valence-corrected chi connectivity index (χ4v) is 2.87. The average Bonchev–Trinajstić information content (AvgIpc) is 3.20. The van der Waals surface area contributed by atoms with Crippen LogP contribution in [0.15, 0.2) is 58.1 Å². The Hall–Kier alpha value is -2.67. The molecule has 0 radical (unpaired) electrons.